The van der Waals surface area contributed by atoms with Gasteiger partial charge in [0, 0.05) is 29.1 Å². The fourth-order valence-corrected chi connectivity index (χ4v) is 2.03. The van der Waals surface area contributed by atoms with Gasteiger partial charge in [-0.3, -0.25) is 9.48 Å². The summed E-state index contributed by atoms with van der Waals surface area (Å²) in [5.74, 6) is -0.0277. The lowest BCUT2D eigenvalue weighted by Gasteiger charge is -2.16. The van der Waals surface area contributed by atoms with E-state index in [2.05, 4.69) is 10.4 Å². The van der Waals surface area contributed by atoms with Gasteiger partial charge in [0.2, 0.25) is 5.91 Å². The molecule has 21 heavy (non-hydrogen) atoms. The molecular formula is C16H22N4O. The van der Waals surface area contributed by atoms with Crippen LogP contribution in [0, 0.1) is 0 Å². The highest BCUT2D eigenvalue weighted by atomic mass is 16.2. The molecule has 0 saturated heterocycles. The van der Waals surface area contributed by atoms with Gasteiger partial charge < -0.3 is 11.1 Å². The number of carbonyl (C=O) groups excluding carboxylic acids is 1. The Morgan fingerprint density at radius 3 is 2.76 bits per heavy atom. The molecule has 3 N–H and O–H groups in total. The summed E-state index contributed by atoms with van der Waals surface area (Å²) in [4.78, 5) is 12.1. The van der Waals surface area contributed by atoms with E-state index >= 15 is 0 Å². The highest BCUT2D eigenvalue weighted by Crippen LogP contribution is 2.25. The minimum Gasteiger partial charge on any atom is -0.398 e. The highest BCUT2D eigenvalue weighted by molar-refractivity contribution is 5.80. The average Bonchev–Trinajstić information content (AvgIpc) is 2.96. The van der Waals surface area contributed by atoms with E-state index in [0.717, 1.165) is 17.5 Å². The molecule has 1 aromatic carbocycles. The zero-order chi connectivity index (χ0) is 15.4. The molecule has 0 aliphatic carbocycles. The lowest BCUT2D eigenvalue weighted by molar-refractivity contribution is -0.124. The summed E-state index contributed by atoms with van der Waals surface area (Å²) in [5.41, 5.74) is 8.51. The van der Waals surface area contributed by atoms with Crippen LogP contribution in [0.3, 0.4) is 0 Å². The molecule has 2 unspecified atom stereocenters. The summed E-state index contributed by atoms with van der Waals surface area (Å²) in [6, 6.07) is 7.44. The number of carbonyl (C=O) groups is 1. The van der Waals surface area contributed by atoms with Crippen molar-refractivity contribution < 1.29 is 4.79 Å². The Morgan fingerprint density at radius 2 is 2.10 bits per heavy atom. The number of amides is 1. The molecule has 0 aliphatic heterocycles. The second-order valence-electron chi connectivity index (χ2n) is 5.29. The predicted octanol–water partition coefficient (Wildman–Crippen LogP) is 2.61. The first-order chi connectivity index (χ1) is 10.0. The van der Waals surface area contributed by atoms with Gasteiger partial charge in [0.05, 0.1) is 6.20 Å². The first kappa shape index (κ1) is 15.1. The minimum absolute atomic E-state index is 0.0277. The molecule has 2 aromatic rings. The Bertz CT molecular complexity index is 620. The first-order valence-corrected chi connectivity index (χ1v) is 7.22. The summed E-state index contributed by atoms with van der Waals surface area (Å²) in [7, 11) is 0. The van der Waals surface area contributed by atoms with E-state index in [1.807, 2.05) is 51.2 Å². The van der Waals surface area contributed by atoms with Gasteiger partial charge in [-0.05, 0) is 26.3 Å². The van der Waals surface area contributed by atoms with Crippen LogP contribution in [-0.2, 0) is 4.79 Å². The molecule has 5 heteroatoms. The van der Waals surface area contributed by atoms with E-state index in [1.165, 1.54) is 0 Å². The number of nitrogen functional groups attached to an aromatic ring is 1. The Hall–Kier alpha value is -2.30. The number of nitrogens with one attached hydrogen (secondary N) is 1. The van der Waals surface area contributed by atoms with Gasteiger partial charge >= 0.3 is 0 Å². The van der Waals surface area contributed by atoms with E-state index in [4.69, 9.17) is 5.73 Å². The topological polar surface area (TPSA) is 72.9 Å². The number of hydrogen-bond acceptors (Lipinski definition) is 3. The summed E-state index contributed by atoms with van der Waals surface area (Å²) in [6.45, 7) is 5.87. The first-order valence-electron chi connectivity index (χ1n) is 7.22. The van der Waals surface area contributed by atoms with Crippen molar-refractivity contribution in [1.29, 1.82) is 0 Å². The summed E-state index contributed by atoms with van der Waals surface area (Å²) in [5, 5.41) is 7.25. The molecule has 5 nitrogen and oxygen atoms in total. The highest BCUT2D eigenvalue weighted by Gasteiger charge is 2.17. The predicted molar refractivity (Wildman–Crippen MR) is 84.7 cm³/mol. The van der Waals surface area contributed by atoms with Crippen LogP contribution in [0.1, 0.15) is 33.2 Å². The van der Waals surface area contributed by atoms with E-state index < -0.39 is 0 Å². The molecule has 0 radical (unpaired) electrons. The van der Waals surface area contributed by atoms with Crippen molar-refractivity contribution in [3.05, 3.63) is 36.7 Å². The van der Waals surface area contributed by atoms with Gasteiger partial charge in [0.1, 0.15) is 6.04 Å². The number of rotatable bonds is 5. The molecular weight excluding hydrogens is 264 g/mol. The lowest BCUT2D eigenvalue weighted by Crippen LogP contribution is -2.37. The standard InChI is InChI=1S/C16H22N4O/c1-4-11(2)19-16(21)12(3)20-10-13(9-18-20)14-7-5-6-8-15(14)17/h5-12H,4,17H2,1-3H3,(H,19,21). The number of para-hydroxylation sites is 1. The molecule has 2 atom stereocenters. The molecule has 0 saturated carbocycles. The Balaban J connectivity index is 2.16. The van der Waals surface area contributed by atoms with Crippen molar-refractivity contribution in [2.24, 2.45) is 0 Å². The maximum Gasteiger partial charge on any atom is 0.244 e. The van der Waals surface area contributed by atoms with Crippen LogP contribution in [0.15, 0.2) is 36.7 Å². The average molecular weight is 286 g/mol. The van der Waals surface area contributed by atoms with Gasteiger partial charge in [0.15, 0.2) is 0 Å². The Morgan fingerprint density at radius 1 is 1.38 bits per heavy atom. The maximum atomic E-state index is 12.1. The molecule has 0 aliphatic rings. The molecule has 0 spiro atoms. The smallest absolute Gasteiger partial charge is 0.244 e. The molecule has 1 aromatic heterocycles. The van der Waals surface area contributed by atoms with E-state index in [1.54, 1.807) is 10.9 Å². The van der Waals surface area contributed by atoms with Crippen LogP contribution in [0.4, 0.5) is 5.69 Å². The van der Waals surface area contributed by atoms with Crippen molar-refractivity contribution >= 4 is 11.6 Å². The number of benzene rings is 1. The summed E-state index contributed by atoms with van der Waals surface area (Å²) >= 11 is 0. The van der Waals surface area contributed by atoms with Gasteiger partial charge in [-0.1, -0.05) is 25.1 Å². The zero-order valence-corrected chi connectivity index (χ0v) is 12.7. The Kier molecular flexibility index (Phi) is 4.62. The second-order valence-corrected chi connectivity index (χ2v) is 5.29. The molecule has 1 heterocycles. The lowest BCUT2D eigenvalue weighted by atomic mass is 10.1. The Labute approximate surface area is 125 Å². The quantitative estimate of drug-likeness (QED) is 0.830. The third-order valence-electron chi connectivity index (χ3n) is 3.65. The summed E-state index contributed by atoms with van der Waals surface area (Å²) in [6.07, 6.45) is 4.49. The van der Waals surface area contributed by atoms with Crippen LogP contribution < -0.4 is 11.1 Å². The number of nitrogens with zero attached hydrogens (tertiary/aromatic N) is 2. The van der Waals surface area contributed by atoms with Crippen molar-refractivity contribution in [3.8, 4) is 11.1 Å². The van der Waals surface area contributed by atoms with Crippen molar-refractivity contribution in [3.63, 3.8) is 0 Å². The molecule has 2 rings (SSSR count). The SMILES string of the molecule is CCC(C)NC(=O)C(C)n1cc(-c2ccccc2N)cn1. The molecule has 112 valence electrons. The van der Waals surface area contributed by atoms with Gasteiger partial charge in [-0.15, -0.1) is 0 Å². The molecule has 1 amide bonds. The van der Waals surface area contributed by atoms with Gasteiger partial charge in [0.25, 0.3) is 0 Å². The van der Waals surface area contributed by atoms with Crippen LogP contribution in [0.25, 0.3) is 11.1 Å². The van der Waals surface area contributed by atoms with Crippen molar-refractivity contribution in [2.75, 3.05) is 5.73 Å². The van der Waals surface area contributed by atoms with Crippen LogP contribution in [0.5, 0.6) is 0 Å². The minimum atomic E-state index is -0.349. The number of hydrogen-bond donors (Lipinski definition) is 2. The zero-order valence-electron chi connectivity index (χ0n) is 12.7. The number of aromatic nitrogens is 2. The van der Waals surface area contributed by atoms with E-state index in [0.29, 0.717) is 5.69 Å². The molecule has 0 bridgehead atoms. The van der Waals surface area contributed by atoms with Crippen molar-refractivity contribution in [1.82, 2.24) is 15.1 Å². The normalized spacial score (nSPS) is 13.7. The van der Waals surface area contributed by atoms with Crippen LogP contribution in [-0.4, -0.2) is 21.7 Å². The molecule has 0 fully saturated rings. The fourth-order valence-electron chi connectivity index (χ4n) is 2.03. The van der Waals surface area contributed by atoms with Gasteiger partial charge in [-0.2, -0.15) is 5.10 Å². The maximum absolute atomic E-state index is 12.1. The number of nitrogens with two attached hydrogens (primary N) is 1. The summed E-state index contributed by atoms with van der Waals surface area (Å²) < 4.78 is 1.67. The van der Waals surface area contributed by atoms with Crippen molar-refractivity contribution in [2.45, 2.75) is 39.3 Å². The number of anilines is 1. The van der Waals surface area contributed by atoms with Crippen LogP contribution >= 0.6 is 0 Å². The second kappa shape index (κ2) is 6.43. The van der Waals surface area contributed by atoms with E-state index in [-0.39, 0.29) is 18.0 Å². The largest absolute Gasteiger partial charge is 0.398 e. The monoisotopic (exact) mass is 286 g/mol. The fraction of sp³-hybridized carbons (Fsp3) is 0.375. The third-order valence-corrected chi connectivity index (χ3v) is 3.65. The van der Waals surface area contributed by atoms with E-state index in [9.17, 15) is 4.79 Å². The van der Waals surface area contributed by atoms with Gasteiger partial charge in [-0.25, -0.2) is 0 Å². The van der Waals surface area contributed by atoms with Crippen LogP contribution in [0.2, 0.25) is 0 Å². The third kappa shape index (κ3) is 3.42.